The number of hydrogen-bond donors (Lipinski definition) is 1. The van der Waals surface area contributed by atoms with Crippen molar-refractivity contribution in [3.63, 3.8) is 0 Å². The van der Waals surface area contributed by atoms with E-state index in [1.165, 1.54) is 5.56 Å². The highest BCUT2D eigenvalue weighted by molar-refractivity contribution is 5.99. The van der Waals surface area contributed by atoms with Crippen LogP contribution >= 0.6 is 0 Å². The minimum atomic E-state index is -0.756. The maximum Gasteiger partial charge on any atom is 0.303 e. The standard InChI is InChI=1S/C18H23NO4/c1-12-10-14-11-13(4-2-6-17(20)21)7-8-15(14)19(12)18(22)16-5-3-9-23-16/h7-8,11-12,16H,2-6,9-10H2,1H3,(H,20,21). The van der Waals surface area contributed by atoms with E-state index in [2.05, 4.69) is 13.0 Å². The summed E-state index contributed by atoms with van der Waals surface area (Å²) in [6, 6.07) is 6.28. The normalized spacial score (nSPS) is 23.1. The van der Waals surface area contributed by atoms with Crippen LogP contribution in [-0.2, 0) is 27.2 Å². The molecular weight excluding hydrogens is 294 g/mol. The molecule has 1 amide bonds. The summed E-state index contributed by atoms with van der Waals surface area (Å²) in [7, 11) is 0. The van der Waals surface area contributed by atoms with Gasteiger partial charge in [0.05, 0.1) is 0 Å². The van der Waals surface area contributed by atoms with Gasteiger partial charge in [-0.3, -0.25) is 9.59 Å². The van der Waals surface area contributed by atoms with Gasteiger partial charge in [-0.2, -0.15) is 0 Å². The Kier molecular flexibility index (Phi) is 4.66. The number of rotatable bonds is 5. The van der Waals surface area contributed by atoms with E-state index in [1.807, 2.05) is 17.0 Å². The summed E-state index contributed by atoms with van der Waals surface area (Å²) >= 11 is 0. The second-order valence-corrected chi connectivity index (χ2v) is 6.47. The Hall–Kier alpha value is -1.88. The fraction of sp³-hybridized carbons (Fsp3) is 0.556. The van der Waals surface area contributed by atoms with Crippen molar-refractivity contribution >= 4 is 17.6 Å². The van der Waals surface area contributed by atoms with Crippen molar-refractivity contribution < 1.29 is 19.4 Å². The first kappa shape index (κ1) is 16.0. The predicted octanol–water partition coefficient (Wildman–Crippen LogP) is 2.55. The van der Waals surface area contributed by atoms with Crippen molar-refractivity contribution in [2.24, 2.45) is 0 Å². The molecule has 23 heavy (non-hydrogen) atoms. The topological polar surface area (TPSA) is 66.8 Å². The average molecular weight is 317 g/mol. The van der Waals surface area contributed by atoms with Crippen molar-refractivity contribution in [3.8, 4) is 0 Å². The zero-order valence-corrected chi connectivity index (χ0v) is 13.5. The molecule has 2 unspecified atom stereocenters. The first-order valence-electron chi connectivity index (χ1n) is 8.34. The molecule has 1 aromatic carbocycles. The molecule has 124 valence electrons. The van der Waals surface area contributed by atoms with E-state index in [1.54, 1.807) is 0 Å². The molecule has 2 aliphatic rings. The largest absolute Gasteiger partial charge is 0.481 e. The minimum Gasteiger partial charge on any atom is -0.481 e. The Bertz CT molecular complexity index is 607. The first-order chi connectivity index (χ1) is 11.1. The number of ether oxygens (including phenoxy) is 1. The van der Waals surface area contributed by atoms with Crippen LogP contribution in [0.15, 0.2) is 18.2 Å². The van der Waals surface area contributed by atoms with Gasteiger partial charge in [-0.1, -0.05) is 12.1 Å². The number of fused-ring (bicyclic) bond motifs is 1. The van der Waals surface area contributed by atoms with Crippen LogP contribution in [0.1, 0.15) is 43.7 Å². The lowest BCUT2D eigenvalue weighted by molar-refractivity contribution is -0.137. The van der Waals surface area contributed by atoms with Crippen LogP contribution in [0.3, 0.4) is 0 Å². The molecule has 2 heterocycles. The van der Waals surface area contributed by atoms with Gasteiger partial charge in [0, 0.05) is 24.8 Å². The van der Waals surface area contributed by atoms with Gasteiger partial charge >= 0.3 is 5.97 Å². The molecule has 2 aliphatic heterocycles. The summed E-state index contributed by atoms with van der Waals surface area (Å²) in [6.07, 6.45) is 3.91. The van der Waals surface area contributed by atoms with E-state index in [0.29, 0.717) is 13.0 Å². The number of anilines is 1. The van der Waals surface area contributed by atoms with Gasteiger partial charge in [-0.25, -0.2) is 0 Å². The maximum absolute atomic E-state index is 12.7. The van der Waals surface area contributed by atoms with Crippen LogP contribution in [0.4, 0.5) is 5.69 Å². The number of carbonyl (C=O) groups excluding carboxylic acids is 1. The zero-order chi connectivity index (χ0) is 16.4. The first-order valence-corrected chi connectivity index (χ1v) is 8.34. The quantitative estimate of drug-likeness (QED) is 0.906. The van der Waals surface area contributed by atoms with Gasteiger partial charge in [0.25, 0.3) is 5.91 Å². The predicted molar refractivity (Wildman–Crippen MR) is 86.6 cm³/mol. The molecule has 0 spiro atoms. The van der Waals surface area contributed by atoms with Gasteiger partial charge < -0.3 is 14.7 Å². The number of aliphatic carboxylic acids is 1. The number of hydrogen-bond acceptors (Lipinski definition) is 3. The van der Waals surface area contributed by atoms with Crippen molar-refractivity contribution in [1.82, 2.24) is 0 Å². The van der Waals surface area contributed by atoms with E-state index in [0.717, 1.165) is 36.9 Å². The smallest absolute Gasteiger partial charge is 0.303 e. The molecule has 5 nitrogen and oxygen atoms in total. The van der Waals surface area contributed by atoms with Crippen LogP contribution in [0.5, 0.6) is 0 Å². The van der Waals surface area contributed by atoms with Gasteiger partial charge in [0.2, 0.25) is 0 Å². The molecule has 1 N–H and O–H groups in total. The summed E-state index contributed by atoms with van der Waals surface area (Å²) in [6.45, 7) is 2.74. The molecule has 0 saturated carbocycles. The monoisotopic (exact) mass is 317 g/mol. The van der Waals surface area contributed by atoms with Crippen molar-refractivity contribution in [2.75, 3.05) is 11.5 Å². The Labute approximate surface area is 136 Å². The fourth-order valence-corrected chi connectivity index (χ4v) is 3.55. The van der Waals surface area contributed by atoms with E-state index >= 15 is 0 Å². The summed E-state index contributed by atoms with van der Waals surface area (Å²) in [5.74, 6) is -0.680. The highest BCUT2D eigenvalue weighted by Gasteiger charge is 2.36. The van der Waals surface area contributed by atoms with Crippen molar-refractivity contribution in [1.29, 1.82) is 0 Å². The number of nitrogens with zero attached hydrogens (tertiary/aromatic N) is 1. The van der Waals surface area contributed by atoms with E-state index < -0.39 is 5.97 Å². The lowest BCUT2D eigenvalue weighted by Crippen LogP contribution is -2.42. The molecule has 0 aliphatic carbocycles. The third-order valence-electron chi connectivity index (χ3n) is 4.66. The number of carbonyl (C=O) groups is 2. The Balaban J connectivity index is 1.73. The van der Waals surface area contributed by atoms with Crippen LogP contribution in [0.2, 0.25) is 0 Å². The molecule has 2 atom stereocenters. The average Bonchev–Trinajstić information content (AvgIpc) is 3.12. The molecular formula is C18H23NO4. The zero-order valence-electron chi connectivity index (χ0n) is 13.5. The Morgan fingerprint density at radius 1 is 1.39 bits per heavy atom. The number of aryl methyl sites for hydroxylation is 1. The number of carboxylic acids is 1. The third-order valence-corrected chi connectivity index (χ3v) is 4.66. The molecule has 0 radical (unpaired) electrons. The van der Waals surface area contributed by atoms with Crippen LogP contribution in [-0.4, -0.2) is 35.7 Å². The molecule has 0 bridgehead atoms. The summed E-state index contributed by atoms with van der Waals surface area (Å²) in [5.41, 5.74) is 3.31. The third kappa shape index (κ3) is 3.39. The minimum absolute atomic E-state index is 0.0763. The summed E-state index contributed by atoms with van der Waals surface area (Å²) in [5, 5.41) is 8.72. The lowest BCUT2D eigenvalue weighted by Gasteiger charge is -2.25. The van der Waals surface area contributed by atoms with E-state index in [4.69, 9.17) is 9.84 Å². The van der Waals surface area contributed by atoms with Crippen LogP contribution in [0, 0.1) is 0 Å². The number of benzene rings is 1. The number of carboxylic acid groups (broad SMARTS) is 1. The summed E-state index contributed by atoms with van der Waals surface area (Å²) in [4.78, 5) is 25.2. The second kappa shape index (κ2) is 6.71. The van der Waals surface area contributed by atoms with Gasteiger partial charge in [-0.15, -0.1) is 0 Å². The van der Waals surface area contributed by atoms with Crippen molar-refractivity contribution in [2.45, 2.75) is 57.6 Å². The van der Waals surface area contributed by atoms with E-state index in [9.17, 15) is 9.59 Å². The van der Waals surface area contributed by atoms with E-state index in [-0.39, 0.29) is 24.5 Å². The molecule has 0 aromatic heterocycles. The molecule has 1 aromatic rings. The fourth-order valence-electron chi connectivity index (χ4n) is 3.55. The van der Waals surface area contributed by atoms with Gasteiger partial charge in [-0.05, 0) is 56.2 Å². The molecule has 3 rings (SSSR count). The maximum atomic E-state index is 12.7. The Morgan fingerprint density at radius 2 is 2.22 bits per heavy atom. The SMILES string of the molecule is CC1Cc2cc(CCCC(=O)O)ccc2N1C(=O)C1CCCO1. The van der Waals surface area contributed by atoms with Gasteiger partial charge in [0.1, 0.15) is 6.10 Å². The lowest BCUT2D eigenvalue weighted by atomic mass is 10.0. The molecule has 1 saturated heterocycles. The van der Waals surface area contributed by atoms with Gasteiger partial charge in [0.15, 0.2) is 0 Å². The second-order valence-electron chi connectivity index (χ2n) is 6.47. The van der Waals surface area contributed by atoms with Crippen LogP contribution in [0.25, 0.3) is 0 Å². The highest BCUT2D eigenvalue weighted by atomic mass is 16.5. The molecule has 1 fully saturated rings. The Morgan fingerprint density at radius 3 is 2.91 bits per heavy atom. The summed E-state index contributed by atoms with van der Waals surface area (Å²) < 4.78 is 5.54. The van der Waals surface area contributed by atoms with Crippen LogP contribution < -0.4 is 4.90 Å². The number of amides is 1. The molecule has 5 heteroatoms. The highest BCUT2D eigenvalue weighted by Crippen LogP contribution is 2.34. The van der Waals surface area contributed by atoms with Crippen molar-refractivity contribution in [3.05, 3.63) is 29.3 Å².